The van der Waals surface area contributed by atoms with Crippen LogP contribution in [0, 0.1) is 5.82 Å². The average molecular weight is 295 g/mol. The number of halogens is 1. The van der Waals surface area contributed by atoms with E-state index in [4.69, 9.17) is 14.8 Å². The number of likely N-dealkylation sites (tertiary alicyclic amines) is 1. The van der Waals surface area contributed by atoms with Crippen molar-refractivity contribution in [1.82, 2.24) is 4.90 Å². The van der Waals surface area contributed by atoms with E-state index in [9.17, 15) is 4.39 Å². The maximum absolute atomic E-state index is 14.0. The minimum Gasteiger partial charge on any atom is -0.423 e. The van der Waals surface area contributed by atoms with Gasteiger partial charge in [-0.25, -0.2) is 4.39 Å². The van der Waals surface area contributed by atoms with Crippen LogP contribution in [0.5, 0.6) is 0 Å². The Kier molecular flexibility index (Phi) is 6.17. The molecule has 1 aliphatic heterocycles. The average Bonchev–Trinajstić information content (AvgIpc) is 2.47. The van der Waals surface area contributed by atoms with Crippen molar-refractivity contribution in [3.63, 3.8) is 0 Å². The van der Waals surface area contributed by atoms with Gasteiger partial charge >= 0.3 is 7.12 Å². The summed E-state index contributed by atoms with van der Waals surface area (Å²) in [5, 5.41) is 18.1. The highest BCUT2D eigenvalue weighted by Crippen LogP contribution is 2.17. The highest BCUT2D eigenvalue weighted by molar-refractivity contribution is 6.58. The highest BCUT2D eigenvalue weighted by Gasteiger charge is 2.21. The van der Waals surface area contributed by atoms with Crippen molar-refractivity contribution >= 4 is 12.6 Å². The van der Waals surface area contributed by atoms with E-state index >= 15 is 0 Å². The summed E-state index contributed by atoms with van der Waals surface area (Å²) in [6, 6.07) is 4.37. The third-order valence-electron chi connectivity index (χ3n) is 3.79. The Bertz CT molecular complexity index is 459. The van der Waals surface area contributed by atoms with Gasteiger partial charge in [-0.3, -0.25) is 4.90 Å². The monoisotopic (exact) mass is 295 g/mol. The molecule has 6 heteroatoms. The second-order valence-corrected chi connectivity index (χ2v) is 5.59. The molecule has 0 aliphatic carbocycles. The van der Waals surface area contributed by atoms with Crippen LogP contribution in [0.25, 0.3) is 0 Å². The molecule has 0 radical (unpaired) electrons. The Labute approximate surface area is 125 Å². The van der Waals surface area contributed by atoms with Crippen LogP contribution in [0.1, 0.15) is 31.7 Å². The van der Waals surface area contributed by atoms with Crippen molar-refractivity contribution in [2.45, 2.75) is 38.8 Å². The molecule has 1 saturated heterocycles. The van der Waals surface area contributed by atoms with Gasteiger partial charge in [0.1, 0.15) is 5.82 Å². The van der Waals surface area contributed by atoms with Gasteiger partial charge in [-0.2, -0.15) is 0 Å². The summed E-state index contributed by atoms with van der Waals surface area (Å²) in [6.07, 6.45) is 3.37. The second-order valence-electron chi connectivity index (χ2n) is 5.59. The zero-order valence-corrected chi connectivity index (χ0v) is 12.5. The molecule has 1 fully saturated rings. The molecule has 0 saturated carbocycles. The van der Waals surface area contributed by atoms with Gasteiger partial charge in [0.15, 0.2) is 0 Å². The highest BCUT2D eigenvalue weighted by atomic mass is 19.1. The second kappa shape index (κ2) is 7.89. The van der Waals surface area contributed by atoms with Crippen LogP contribution in [-0.2, 0) is 11.3 Å². The number of rotatable bonds is 6. The van der Waals surface area contributed by atoms with Crippen molar-refractivity contribution in [2.75, 3.05) is 19.7 Å². The Morgan fingerprint density at radius 1 is 1.43 bits per heavy atom. The smallest absolute Gasteiger partial charge is 0.423 e. The Morgan fingerprint density at radius 2 is 2.24 bits per heavy atom. The molecule has 116 valence electrons. The van der Waals surface area contributed by atoms with Crippen LogP contribution in [-0.4, -0.2) is 47.9 Å². The standard InChI is InChI=1S/C15H23BFNO3/c1-2-8-21-14-4-3-7-18(11-14)10-12-5-6-13(16(19)20)9-15(12)17/h5-6,9,14,19-20H,2-4,7-8,10-11H2,1H3. The number of hydrogen-bond donors (Lipinski definition) is 2. The fourth-order valence-corrected chi connectivity index (χ4v) is 2.67. The molecule has 1 atom stereocenters. The predicted octanol–water partition coefficient (Wildman–Crippen LogP) is 0.896. The first-order valence-corrected chi connectivity index (χ1v) is 7.58. The number of benzene rings is 1. The molecule has 21 heavy (non-hydrogen) atoms. The van der Waals surface area contributed by atoms with Crippen LogP contribution in [0.3, 0.4) is 0 Å². The summed E-state index contributed by atoms with van der Waals surface area (Å²) in [4.78, 5) is 2.19. The zero-order valence-electron chi connectivity index (χ0n) is 12.5. The lowest BCUT2D eigenvalue weighted by atomic mass is 9.80. The van der Waals surface area contributed by atoms with Gasteiger partial charge in [-0.05, 0) is 37.3 Å². The molecule has 1 aromatic carbocycles. The third kappa shape index (κ3) is 4.78. The molecular formula is C15H23BFNO3. The van der Waals surface area contributed by atoms with Crippen molar-refractivity contribution in [3.8, 4) is 0 Å². The summed E-state index contributed by atoms with van der Waals surface area (Å²) in [5.74, 6) is -0.391. The van der Waals surface area contributed by atoms with E-state index in [0.29, 0.717) is 12.1 Å². The van der Waals surface area contributed by atoms with Crippen LogP contribution in [0.2, 0.25) is 0 Å². The van der Waals surface area contributed by atoms with E-state index < -0.39 is 12.9 Å². The van der Waals surface area contributed by atoms with Crippen molar-refractivity contribution in [1.29, 1.82) is 0 Å². The Balaban J connectivity index is 1.94. The van der Waals surface area contributed by atoms with E-state index in [2.05, 4.69) is 11.8 Å². The molecule has 2 rings (SSSR count). The topological polar surface area (TPSA) is 52.9 Å². The van der Waals surface area contributed by atoms with Crippen molar-refractivity contribution < 1.29 is 19.2 Å². The van der Waals surface area contributed by atoms with Gasteiger partial charge < -0.3 is 14.8 Å². The molecule has 0 aromatic heterocycles. The Hall–Kier alpha value is -0.945. The Morgan fingerprint density at radius 3 is 2.90 bits per heavy atom. The van der Waals surface area contributed by atoms with Gasteiger partial charge in [-0.1, -0.05) is 19.1 Å². The molecular weight excluding hydrogens is 272 g/mol. The maximum atomic E-state index is 14.0. The number of nitrogens with zero attached hydrogens (tertiary/aromatic N) is 1. The van der Waals surface area contributed by atoms with Crippen molar-refractivity contribution in [3.05, 3.63) is 29.6 Å². The summed E-state index contributed by atoms with van der Waals surface area (Å²) in [5.41, 5.74) is 0.759. The van der Waals surface area contributed by atoms with Crippen LogP contribution < -0.4 is 5.46 Å². The molecule has 1 unspecified atom stereocenters. The molecule has 0 spiro atoms. The lowest BCUT2D eigenvalue weighted by Crippen LogP contribution is -2.39. The van der Waals surface area contributed by atoms with Crippen LogP contribution >= 0.6 is 0 Å². The molecule has 1 aliphatic rings. The molecule has 1 heterocycles. The SMILES string of the molecule is CCCOC1CCCN(Cc2ccc(B(O)O)cc2F)C1. The first-order chi connectivity index (χ1) is 10.1. The minimum atomic E-state index is -1.63. The van der Waals surface area contributed by atoms with Gasteiger partial charge in [0, 0.05) is 25.3 Å². The maximum Gasteiger partial charge on any atom is 0.488 e. The summed E-state index contributed by atoms with van der Waals surface area (Å²) in [6.45, 7) is 5.16. The van der Waals surface area contributed by atoms with E-state index in [0.717, 1.165) is 39.0 Å². The van der Waals surface area contributed by atoms with Gasteiger partial charge in [0.25, 0.3) is 0 Å². The summed E-state index contributed by atoms with van der Waals surface area (Å²) >= 11 is 0. The quantitative estimate of drug-likeness (QED) is 0.766. The van der Waals surface area contributed by atoms with Gasteiger partial charge in [0.05, 0.1) is 6.10 Å². The first kappa shape index (κ1) is 16.4. The number of piperidine rings is 1. The predicted molar refractivity (Wildman–Crippen MR) is 80.8 cm³/mol. The molecule has 0 amide bonds. The van der Waals surface area contributed by atoms with Crippen LogP contribution in [0.4, 0.5) is 4.39 Å². The van der Waals surface area contributed by atoms with E-state index in [1.807, 2.05) is 0 Å². The first-order valence-electron chi connectivity index (χ1n) is 7.58. The summed E-state index contributed by atoms with van der Waals surface area (Å²) in [7, 11) is -1.63. The van der Waals surface area contributed by atoms with E-state index in [1.165, 1.54) is 6.07 Å². The number of hydrogen-bond acceptors (Lipinski definition) is 4. The van der Waals surface area contributed by atoms with Crippen LogP contribution in [0.15, 0.2) is 18.2 Å². The lowest BCUT2D eigenvalue weighted by Gasteiger charge is -2.32. The molecule has 1 aromatic rings. The van der Waals surface area contributed by atoms with E-state index in [-0.39, 0.29) is 11.6 Å². The lowest BCUT2D eigenvalue weighted by molar-refractivity contribution is -0.00247. The molecule has 2 N–H and O–H groups in total. The largest absolute Gasteiger partial charge is 0.488 e. The third-order valence-corrected chi connectivity index (χ3v) is 3.79. The molecule has 0 bridgehead atoms. The number of ether oxygens (including phenoxy) is 1. The fraction of sp³-hybridized carbons (Fsp3) is 0.600. The normalized spacial score (nSPS) is 19.7. The van der Waals surface area contributed by atoms with Crippen molar-refractivity contribution in [2.24, 2.45) is 0 Å². The summed E-state index contributed by atoms with van der Waals surface area (Å²) < 4.78 is 19.8. The van der Waals surface area contributed by atoms with Gasteiger partial charge in [-0.15, -0.1) is 0 Å². The van der Waals surface area contributed by atoms with E-state index in [1.54, 1.807) is 12.1 Å². The minimum absolute atomic E-state index is 0.180. The zero-order chi connectivity index (χ0) is 15.2. The fourth-order valence-electron chi connectivity index (χ4n) is 2.67. The molecule has 4 nitrogen and oxygen atoms in total. The van der Waals surface area contributed by atoms with Gasteiger partial charge in [0.2, 0.25) is 0 Å².